The van der Waals surface area contributed by atoms with Gasteiger partial charge in [0.15, 0.2) is 0 Å². The van der Waals surface area contributed by atoms with Gasteiger partial charge >= 0.3 is 5.69 Å². The van der Waals surface area contributed by atoms with Crippen LogP contribution in [-0.2, 0) is 10.0 Å². The van der Waals surface area contributed by atoms with Crippen molar-refractivity contribution in [2.75, 3.05) is 18.0 Å². The third kappa shape index (κ3) is 4.37. The molecule has 25 heavy (non-hydrogen) atoms. The van der Waals surface area contributed by atoms with Gasteiger partial charge < -0.3 is 5.73 Å². The van der Waals surface area contributed by atoms with E-state index in [2.05, 4.69) is 21.5 Å². The lowest BCUT2D eigenvalue weighted by atomic mass is 10.3. The summed E-state index contributed by atoms with van der Waals surface area (Å²) >= 11 is 1.71. The van der Waals surface area contributed by atoms with E-state index in [1.54, 1.807) is 22.5 Å². The number of nitrogens with two attached hydrogens (primary N) is 1. The van der Waals surface area contributed by atoms with Crippen LogP contribution < -0.4 is 16.1 Å². The third-order valence-electron chi connectivity index (χ3n) is 4.52. The minimum absolute atomic E-state index is 0.0234. The third-order valence-corrected chi connectivity index (χ3v) is 7.79. The van der Waals surface area contributed by atoms with Crippen molar-refractivity contribution in [1.82, 2.24) is 14.3 Å². The van der Waals surface area contributed by atoms with Crippen LogP contribution in [0.15, 0.2) is 11.0 Å². The van der Waals surface area contributed by atoms with Gasteiger partial charge in [-0.1, -0.05) is 24.7 Å². The monoisotopic (exact) mass is 382 g/mol. The second-order valence-electron chi connectivity index (χ2n) is 6.27. The molecule has 2 fully saturated rings. The van der Waals surface area contributed by atoms with Gasteiger partial charge in [-0.3, -0.25) is 4.57 Å². The Morgan fingerprint density at radius 2 is 2.08 bits per heavy atom. The van der Waals surface area contributed by atoms with E-state index in [0.717, 1.165) is 31.4 Å². The van der Waals surface area contributed by atoms with Crippen LogP contribution in [0.5, 0.6) is 0 Å². The molecule has 1 saturated carbocycles. The van der Waals surface area contributed by atoms with E-state index in [4.69, 9.17) is 5.73 Å². The molecule has 1 atom stereocenters. The van der Waals surface area contributed by atoms with E-state index in [-0.39, 0.29) is 28.7 Å². The van der Waals surface area contributed by atoms with Crippen molar-refractivity contribution < 1.29 is 8.42 Å². The van der Waals surface area contributed by atoms with Crippen molar-refractivity contribution in [3.63, 3.8) is 0 Å². The summed E-state index contributed by atoms with van der Waals surface area (Å²) in [6.45, 7) is 0.0234. The smallest absolute Gasteiger partial charge is 0.350 e. The molecule has 136 valence electrons. The number of nitrogens with one attached hydrogen (secondary N) is 1. The Hall–Kier alpha value is -1.50. The molecule has 1 aromatic rings. The standard InChI is InChI=1S/C16H22N4O3S2/c17-15-12(11-20(16(21)19-15)14-8-4-10-24-14)5-3-9-18-25(22,23)13-6-1-2-7-13/h11,13-14,18H,1-2,4,6-10H2,(H2,17,19,21)/t14-/m0/s1. The molecule has 1 aromatic heterocycles. The summed E-state index contributed by atoms with van der Waals surface area (Å²) in [6, 6.07) is 0. The Morgan fingerprint density at radius 3 is 2.76 bits per heavy atom. The van der Waals surface area contributed by atoms with E-state index < -0.39 is 10.0 Å². The minimum atomic E-state index is -3.31. The Labute approximate surface area is 151 Å². The summed E-state index contributed by atoms with van der Waals surface area (Å²) in [6.07, 6.45) is 6.96. The number of nitrogens with zero attached hydrogens (tertiary/aromatic N) is 2. The summed E-state index contributed by atoms with van der Waals surface area (Å²) in [4.78, 5) is 15.8. The first kappa shape index (κ1) is 18.3. The van der Waals surface area contributed by atoms with Gasteiger partial charge in [-0.15, -0.1) is 11.8 Å². The molecule has 0 spiro atoms. The van der Waals surface area contributed by atoms with E-state index in [1.807, 2.05) is 0 Å². The summed E-state index contributed by atoms with van der Waals surface area (Å²) < 4.78 is 28.3. The summed E-state index contributed by atoms with van der Waals surface area (Å²) in [7, 11) is -3.31. The highest BCUT2D eigenvalue weighted by molar-refractivity contribution is 7.99. The van der Waals surface area contributed by atoms with E-state index in [9.17, 15) is 13.2 Å². The van der Waals surface area contributed by atoms with Crippen LogP contribution in [-0.4, -0.2) is 35.5 Å². The maximum Gasteiger partial charge on any atom is 0.350 e. The van der Waals surface area contributed by atoms with Crippen molar-refractivity contribution in [2.45, 2.75) is 49.1 Å². The number of hydrogen-bond acceptors (Lipinski definition) is 6. The number of sulfonamides is 1. The van der Waals surface area contributed by atoms with E-state index in [1.165, 1.54) is 0 Å². The second kappa shape index (κ2) is 7.81. The first-order valence-corrected chi connectivity index (χ1v) is 11.0. The van der Waals surface area contributed by atoms with Crippen LogP contribution in [0.1, 0.15) is 49.5 Å². The number of nitrogen functional groups attached to an aromatic ring is 1. The Morgan fingerprint density at radius 1 is 1.32 bits per heavy atom. The van der Waals surface area contributed by atoms with Gasteiger partial charge in [-0.2, -0.15) is 4.98 Å². The van der Waals surface area contributed by atoms with Crippen LogP contribution in [0, 0.1) is 11.8 Å². The molecule has 0 unspecified atom stereocenters. The van der Waals surface area contributed by atoms with Crippen LogP contribution in [0.4, 0.5) is 5.82 Å². The van der Waals surface area contributed by atoms with Crippen LogP contribution in [0.3, 0.4) is 0 Å². The molecule has 0 aromatic carbocycles. The van der Waals surface area contributed by atoms with Crippen LogP contribution in [0.2, 0.25) is 0 Å². The molecule has 1 aliphatic carbocycles. The van der Waals surface area contributed by atoms with Crippen LogP contribution in [0.25, 0.3) is 0 Å². The fourth-order valence-electron chi connectivity index (χ4n) is 3.16. The van der Waals surface area contributed by atoms with Gasteiger partial charge in [0.1, 0.15) is 5.82 Å². The largest absolute Gasteiger partial charge is 0.382 e. The number of hydrogen-bond donors (Lipinski definition) is 2. The highest BCUT2D eigenvalue weighted by Gasteiger charge is 2.27. The molecular weight excluding hydrogens is 360 g/mol. The zero-order valence-electron chi connectivity index (χ0n) is 13.9. The Bertz CT molecular complexity index is 842. The lowest BCUT2D eigenvalue weighted by Gasteiger charge is -2.12. The minimum Gasteiger partial charge on any atom is -0.382 e. The predicted molar refractivity (Wildman–Crippen MR) is 99.7 cm³/mol. The van der Waals surface area contributed by atoms with Gasteiger partial charge in [0.05, 0.1) is 22.7 Å². The molecule has 3 N–H and O–H groups in total. The van der Waals surface area contributed by atoms with Gasteiger partial charge in [0, 0.05) is 6.20 Å². The molecule has 3 rings (SSSR count). The molecule has 2 aliphatic rings. The Kier molecular flexibility index (Phi) is 5.71. The molecule has 0 bridgehead atoms. The number of thioether (sulfide) groups is 1. The molecule has 1 aliphatic heterocycles. The zero-order valence-corrected chi connectivity index (χ0v) is 15.5. The van der Waals surface area contributed by atoms with Gasteiger partial charge in [0.2, 0.25) is 10.0 Å². The SMILES string of the molecule is Nc1nc(=O)n([C@@H]2CCCS2)cc1C#CCNS(=O)(=O)C1CCCC1. The summed E-state index contributed by atoms with van der Waals surface area (Å²) in [5.41, 5.74) is 5.86. The topological polar surface area (TPSA) is 107 Å². The average molecular weight is 383 g/mol. The molecule has 0 radical (unpaired) electrons. The lowest BCUT2D eigenvalue weighted by Crippen LogP contribution is -2.32. The number of anilines is 1. The lowest BCUT2D eigenvalue weighted by molar-refractivity contribution is 0.569. The quantitative estimate of drug-likeness (QED) is 0.754. The van der Waals surface area contributed by atoms with E-state index >= 15 is 0 Å². The van der Waals surface area contributed by atoms with Gasteiger partial charge in [-0.05, 0) is 31.4 Å². The molecule has 7 nitrogen and oxygen atoms in total. The first-order chi connectivity index (χ1) is 12.0. The highest BCUT2D eigenvalue weighted by atomic mass is 32.2. The van der Waals surface area contributed by atoms with Crippen molar-refractivity contribution in [2.24, 2.45) is 0 Å². The van der Waals surface area contributed by atoms with Crippen molar-refractivity contribution >= 4 is 27.6 Å². The second-order valence-corrected chi connectivity index (χ2v) is 9.60. The summed E-state index contributed by atoms with van der Waals surface area (Å²) in [5, 5.41) is -0.232. The van der Waals surface area contributed by atoms with E-state index in [0.29, 0.717) is 18.4 Å². The molecular formula is C16H22N4O3S2. The zero-order chi connectivity index (χ0) is 17.9. The molecule has 2 heterocycles. The maximum atomic E-state index is 12.1. The van der Waals surface area contributed by atoms with Gasteiger partial charge in [0.25, 0.3) is 0 Å². The van der Waals surface area contributed by atoms with Gasteiger partial charge in [-0.25, -0.2) is 17.9 Å². The predicted octanol–water partition coefficient (Wildman–Crippen LogP) is 1.06. The number of rotatable bonds is 4. The Balaban J connectivity index is 1.69. The van der Waals surface area contributed by atoms with Crippen molar-refractivity contribution in [3.05, 3.63) is 22.2 Å². The van der Waals surface area contributed by atoms with Crippen molar-refractivity contribution in [1.29, 1.82) is 0 Å². The van der Waals surface area contributed by atoms with Crippen molar-refractivity contribution in [3.8, 4) is 11.8 Å². The number of aromatic nitrogens is 2. The average Bonchev–Trinajstić information content (AvgIpc) is 3.26. The fraction of sp³-hybridized carbons (Fsp3) is 0.625. The molecule has 9 heteroatoms. The fourth-order valence-corrected chi connectivity index (χ4v) is 5.87. The summed E-state index contributed by atoms with van der Waals surface area (Å²) in [5.74, 6) is 6.71. The highest BCUT2D eigenvalue weighted by Crippen LogP contribution is 2.34. The molecule has 1 saturated heterocycles. The maximum absolute atomic E-state index is 12.1. The van der Waals surface area contributed by atoms with Crippen LogP contribution >= 0.6 is 11.8 Å². The first-order valence-electron chi connectivity index (χ1n) is 8.45. The molecule has 0 amide bonds. The normalized spacial score (nSPS) is 21.2.